The number of piperazine rings is 1. The summed E-state index contributed by atoms with van der Waals surface area (Å²) >= 11 is 0. The Kier molecular flexibility index (Phi) is 7.60. The van der Waals surface area contributed by atoms with Gasteiger partial charge in [-0.15, -0.1) is 24.0 Å². The minimum absolute atomic E-state index is 0. The average molecular weight is 505 g/mol. The molecule has 1 saturated heterocycles. The van der Waals surface area contributed by atoms with Crippen molar-refractivity contribution in [3.8, 4) is 0 Å². The summed E-state index contributed by atoms with van der Waals surface area (Å²) in [7, 11) is 4.07. The lowest BCUT2D eigenvalue weighted by Crippen LogP contribution is -2.58. The predicted molar refractivity (Wildman–Crippen MR) is 119 cm³/mol. The number of guanidine groups is 1. The normalized spacial score (nSPS) is 20.4. The number of carbonyl (C=O) groups excluding carboxylic acids is 1. The van der Waals surface area contributed by atoms with Crippen LogP contribution in [0.2, 0.25) is 0 Å². The van der Waals surface area contributed by atoms with Crippen molar-refractivity contribution in [1.29, 1.82) is 0 Å². The molecule has 2 atom stereocenters. The van der Waals surface area contributed by atoms with Gasteiger partial charge in [-0.05, 0) is 47.0 Å². The Labute approximate surface area is 184 Å². The topological polar surface area (TPSA) is 73.6 Å². The molecule has 1 fully saturated rings. The van der Waals surface area contributed by atoms with Crippen LogP contribution in [0.5, 0.6) is 0 Å². The molecular weight excluding hydrogens is 473 g/mol. The number of ether oxygens (including phenoxy) is 1. The molecule has 1 amide bonds. The lowest BCUT2D eigenvalue weighted by atomic mass is 10.2. The zero-order chi connectivity index (χ0) is 19.6. The van der Waals surface area contributed by atoms with Gasteiger partial charge in [0.05, 0.1) is 24.9 Å². The van der Waals surface area contributed by atoms with Gasteiger partial charge < -0.3 is 24.3 Å². The Morgan fingerprint density at radius 2 is 2.18 bits per heavy atom. The quantitative estimate of drug-likeness (QED) is 0.634. The first kappa shape index (κ1) is 22.8. The smallest absolute Gasteiger partial charge is 0.410 e. The molecule has 158 valence electrons. The maximum atomic E-state index is 12.3. The molecule has 0 aliphatic carbocycles. The molecule has 2 unspecified atom stereocenters. The Morgan fingerprint density at radius 1 is 1.43 bits per heavy atom. The second-order valence-electron chi connectivity index (χ2n) is 8.31. The van der Waals surface area contributed by atoms with Crippen LogP contribution in [0, 0.1) is 0 Å². The molecule has 9 heteroatoms. The fourth-order valence-electron chi connectivity index (χ4n) is 3.43. The average Bonchev–Trinajstić information content (AvgIpc) is 3.23. The van der Waals surface area contributed by atoms with Crippen molar-refractivity contribution in [3.05, 3.63) is 24.2 Å². The molecule has 3 rings (SSSR count). The number of furan rings is 1. The van der Waals surface area contributed by atoms with Gasteiger partial charge in [-0.25, -0.2) is 4.79 Å². The summed E-state index contributed by atoms with van der Waals surface area (Å²) in [5.41, 5.74) is -0.472. The number of rotatable bonds is 4. The van der Waals surface area contributed by atoms with Crippen LogP contribution < -0.4 is 5.32 Å². The number of carbonyl (C=O) groups is 1. The van der Waals surface area contributed by atoms with Crippen molar-refractivity contribution in [2.24, 2.45) is 4.99 Å². The van der Waals surface area contributed by atoms with E-state index in [1.165, 1.54) is 0 Å². The van der Waals surface area contributed by atoms with Gasteiger partial charge in [0.15, 0.2) is 5.96 Å². The van der Waals surface area contributed by atoms with Crippen LogP contribution in [-0.4, -0.2) is 85.2 Å². The van der Waals surface area contributed by atoms with E-state index in [1.54, 1.807) is 11.2 Å². The van der Waals surface area contributed by atoms with Crippen LogP contribution >= 0.6 is 24.0 Å². The largest absolute Gasteiger partial charge is 0.468 e. The Hall–Kier alpha value is -1.49. The number of hydrogen-bond donors (Lipinski definition) is 1. The second kappa shape index (κ2) is 9.34. The molecule has 28 heavy (non-hydrogen) atoms. The van der Waals surface area contributed by atoms with Gasteiger partial charge in [0.2, 0.25) is 0 Å². The molecule has 8 nitrogen and oxygen atoms in total. The summed E-state index contributed by atoms with van der Waals surface area (Å²) < 4.78 is 11.1. The van der Waals surface area contributed by atoms with Crippen LogP contribution in [0.3, 0.4) is 0 Å². The third kappa shape index (κ3) is 5.53. The molecule has 1 aromatic rings. The molecule has 1 aromatic heterocycles. The minimum atomic E-state index is -0.472. The number of fused-ring (bicyclic) bond motifs is 1. The van der Waals surface area contributed by atoms with Crippen molar-refractivity contribution < 1.29 is 13.9 Å². The van der Waals surface area contributed by atoms with Gasteiger partial charge in [0.1, 0.15) is 11.4 Å². The molecule has 2 aliphatic rings. The molecule has 2 aliphatic heterocycles. The van der Waals surface area contributed by atoms with Crippen LogP contribution in [-0.2, 0) is 4.74 Å². The maximum absolute atomic E-state index is 12.3. The number of likely N-dealkylation sites (N-methyl/N-ethyl adjacent to an activating group) is 1. The van der Waals surface area contributed by atoms with Crippen molar-refractivity contribution in [3.63, 3.8) is 0 Å². The van der Waals surface area contributed by atoms with Crippen molar-refractivity contribution in [1.82, 2.24) is 20.0 Å². The monoisotopic (exact) mass is 505 g/mol. The highest BCUT2D eigenvalue weighted by molar-refractivity contribution is 14.0. The summed E-state index contributed by atoms with van der Waals surface area (Å²) in [5, 5.41) is 3.47. The number of hydrogen-bond acceptors (Lipinski definition) is 7. The first-order valence-corrected chi connectivity index (χ1v) is 9.47. The van der Waals surface area contributed by atoms with Gasteiger partial charge in [0, 0.05) is 26.2 Å². The number of amides is 1. The van der Waals surface area contributed by atoms with Crippen molar-refractivity contribution in [2.45, 2.75) is 38.5 Å². The second-order valence-corrected chi connectivity index (χ2v) is 8.31. The van der Waals surface area contributed by atoms with E-state index in [-0.39, 0.29) is 42.2 Å². The van der Waals surface area contributed by atoms with Crippen LogP contribution in [0.4, 0.5) is 4.79 Å². The highest BCUT2D eigenvalue weighted by Gasteiger charge is 2.36. The van der Waals surface area contributed by atoms with Gasteiger partial charge in [0.25, 0.3) is 0 Å². The molecule has 1 N–H and O–H groups in total. The van der Waals surface area contributed by atoms with Gasteiger partial charge >= 0.3 is 6.09 Å². The highest BCUT2D eigenvalue weighted by Crippen LogP contribution is 2.21. The van der Waals surface area contributed by atoms with E-state index < -0.39 is 5.60 Å². The third-order valence-corrected chi connectivity index (χ3v) is 4.81. The molecule has 0 bridgehead atoms. The van der Waals surface area contributed by atoms with Crippen LogP contribution in [0.1, 0.15) is 32.6 Å². The Morgan fingerprint density at radius 3 is 2.79 bits per heavy atom. The zero-order valence-corrected chi connectivity index (χ0v) is 19.7. The first-order chi connectivity index (χ1) is 12.7. The van der Waals surface area contributed by atoms with Crippen LogP contribution in [0.15, 0.2) is 27.8 Å². The Bertz CT molecular complexity index is 672. The summed E-state index contributed by atoms with van der Waals surface area (Å²) in [5.74, 6) is 1.83. The summed E-state index contributed by atoms with van der Waals surface area (Å²) in [6, 6.07) is 4.23. The molecular formula is C19H32IN5O3. The number of nitrogens with one attached hydrogen (secondary N) is 1. The van der Waals surface area contributed by atoms with Gasteiger partial charge in [-0.1, -0.05) is 0 Å². The SMILES string of the molecule is CN(C)C(CNC1=NCC2CN(C(=O)OC(C)(C)C)CCN12)c1ccco1.I. The van der Waals surface area contributed by atoms with Gasteiger partial charge in [-0.3, -0.25) is 9.89 Å². The summed E-state index contributed by atoms with van der Waals surface area (Å²) in [6.07, 6.45) is 1.46. The fraction of sp³-hybridized carbons (Fsp3) is 0.684. The minimum Gasteiger partial charge on any atom is -0.468 e. The zero-order valence-electron chi connectivity index (χ0n) is 17.3. The molecule has 0 radical (unpaired) electrons. The maximum Gasteiger partial charge on any atom is 0.410 e. The lowest BCUT2D eigenvalue weighted by Gasteiger charge is -2.39. The number of halogens is 1. The molecule has 0 aromatic carbocycles. The first-order valence-electron chi connectivity index (χ1n) is 9.47. The van der Waals surface area contributed by atoms with E-state index in [0.29, 0.717) is 26.2 Å². The molecule has 0 spiro atoms. The summed E-state index contributed by atoms with van der Waals surface area (Å²) in [4.78, 5) is 23.2. The van der Waals surface area contributed by atoms with Gasteiger partial charge in [-0.2, -0.15) is 0 Å². The highest BCUT2D eigenvalue weighted by atomic mass is 127. The van der Waals surface area contributed by atoms with Crippen LogP contribution in [0.25, 0.3) is 0 Å². The van der Waals surface area contributed by atoms with Crippen molar-refractivity contribution >= 4 is 36.0 Å². The standard InChI is InChI=1S/C19H31N5O3.HI/c1-19(2,3)27-18(25)23-8-9-24-14(13-23)11-20-17(24)21-12-15(22(4)5)16-7-6-10-26-16;/h6-7,10,14-15H,8-9,11-13H2,1-5H3,(H,20,21);1H. The third-order valence-electron chi connectivity index (χ3n) is 4.81. The van der Waals surface area contributed by atoms with E-state index in [4.69, 9.17) is 9.15 Å². The lowest BCUT2D eigenvalue weighted by molar-refractivity contribution is 0.0137. The Balaban J connectivity index is 0.00000280. The van der Waals surface area contributed by atoms with E-state index >= 15 is 0 Å². The summed E-state index contributed by atoms with van der Waals surface area (Å²) in [6.45, 7) is 9.10. The predicted octanol–water partition coefficient (Wildman–Crippen LogP) is 2.38. The van der Waals surface area contributed by atoms with E-state index in [0.717, 1.165) is 18.3 Å². The van der Waals surface area contributed by atoms with Crippen molar-refractivity contribution in [2.75, 3.05) is 46.8 Å². The fourth-order valence-corrected chi connectivity index (χ4v) is 3.43. The molecule has 3 heterocycles. The van der Waals surface area contributed by atoms with E-state index in [1.807, 2.05) is 47.0 Å². The number of nitrogens with zero attached hydrogens (tertiary/aromatic N) is 4. The van der Waals surface area contributed by atoms with E-state index in [2.05, 4.69) is 20.1 Å². The van der Waals surface area contributed by atoms with E-state index in [9.17, 15) is 4.79 Å². The molecule has 0 saturated carbocycles. The number of aliphatic imine (C=N–C) groups is 1.